The van der Waals surface area contributed by atoms with Crippen LogP contribution in [0.4, 0.5) is 17.1 Å². The molecular weight excluding hydrogens is 436 g/mol. The number of amides is 2. The molecule has 34 heavy (non-hydrogen) atoms. The highest BCUT2D eigenvalue weighted by Gasteiger charge is 2.22. The summed E-state index contributed by atoms with van der Waals surface area (Å²) in [5.74, 6) is 0.383. The molecule has 4 rings (SSSR count). The minimum Gasteiger partial charge on any atom is -0.497 e. The summed E-state index contributed by atoms with van der Waals surface area (Å²) in [6.45, 7) is 2.64. The van der Waals surface area contributed by atoms with Gasteiger partial charge in [-0.1, -0.05) is 0 Å². The molecule has 9 nitrogen and oxygen atoms in total. The van der Waals surface area contributed by atoms with Gasteiger partial charge in [0.25, 0.3) is 17.5 Å². The molecule has 0 atom stereocenters. The first kappa shape index (κ1) is 22.8. The quantitative estimate of drug-likeness (QED) is 0.443. The molecule has 1 saturated heterocycles. The SMILES string of the molecule is COc1ccc(C(=O)N2CCN(c3ccc(NC(=O)c4ccc([N+](=O)[O-])cc4)cc3)CC2)cc1. The van der Waals surface area contributed by atoms with E-state index in [-0.39, 0.29) is 17.5 Å². The van der Waals surface area contributed by atoms with Gasteiger partial charge in [-0.3, -0.25) is 19.7 Å². The van der Waals surface area contributed by atoms with Gasteiger partial charge in [0.15, 0.2) is 0 Å². The van der Waals surface area contributed by atoms with Crippen molar-refractivity contribution in [1.82, 2.24) is 4.90 Å². The molecule has 0 radical (unpaired) electrons. The number of non-ortho nitro benzene ring substituents is 1. The fourth-order valence-electron chi connectivity index (χ4n) is 3.78. The number of nitro benzene ring substituents is 1. The molecule has 0 aliphatic carbocycles. The Morgan fingerprint density at radius 3 is 2.00 bits per heavy atom. The number of benzene rings is 3. The van der Waals surface area contributed by atoms with E-state index in [1.165, 1.54) is 24.3 Å². The Balaban J connectivity index is 1.31. The van der Waals surface area contributed by atoms with Crippen LogP contribution in [0, 0.1) is 10.1 Å². The van der Waals surface area contributed by atoms with Gasteiger partial charge in [-0.2, -0.15) is 0 Å². The Bertz CT molecular complexity index is 1170. The van der Waals surface area contributed by atoms with E-state index < -0.39 is 4.92 Å². The lowest BCUT2D eigenvalue weighted by Gasteiger charge is -2.36. The molecule has 0 spiro atoms. The van der Waals surface area contributed by atoms with E-state index in [0.717, 1.165) is 5.69 Å². The monoisotopic (exact) mass is 460 g/mol. The molecule has 0 aromatic heterocycles. The van der Waals surface area contributed by atoms with Crippen LogP contribution in [0.25, 0.3) is 0 Å². The highest BCUT2D eigenvalue weighted by atomic mass is 16.6. The van der Waals surface area contributed by atoms with Gasteiger partial charge in [-0.15, -0.1) is 0 Å². The van der Waals surface area contributed by atoms with Crippen LogP contribution in [-0.2, 0) is 0 Å². The van der Waals surface area contributed by atoms with Gasteiger partial charge >= 0.3 is 0 Å². The van der Waals surface area contributed by atoms with Crippen molar-refractivity contribution in [2.45, 2.75) is 0 Å². The molecule has 1 N–H and O–H groups in total. The number of hydrogen-bond donors (Lipinski definition) is 1. The van der Waals surface area contributed by atoms with Gasteiger partial charge < -0.3 is 19.9 Å². The summed E-state index contributed by atoms with van der Waals surface area (Å²) in [4.78, 5) is 39.4. The molecule has 0 saturated carbocycles. The zero-order valence-electron chi connectivity index (χ0n) is 18.6. The van der Waals surface area contributed by atoms with Crippen molar-refractivity contribution in [3.63, 3.8) is 0 Å². The van der Waals surface area contributed by atoms with E-state index in [1.807, 2.05) is 29.2 Å². The van der Waals surface area contributed by atoms with Crippen LogP contribution in [0.3, 0.4) is 0 Å². The Labute approximate surface area is 196 Å². The average Bonchev–Trinajstić information content (AvgIpc) is 2.89. The molecule has 9 heteroatoms. The summed E-state index contributed by atoms with van der Waals surface area (Å²) in [6, 6.07) is 20.0. The molecule has 3 aromatic carbocycles. The third-order valence-corrected chi connectivity index (χ3v) is 5.73. The second-order valence-corrected chi connectivity index (χ2v) is 7.81. The maximum Gasteiger partial charge on any atom is 0.269 e. The van der Waals surface area contributed by atoms with Crippen molar-refractivity contribution in [2.75, 3.05) is 43.5 Å². The van der Waals surface area contributed by atoms with Gasteiger partial charge in [0, 0.05) is 60.8 Å². The van der Waals surface area contributed by atoms with Crippen LogP contribution >= 0.6 is 0 Å². The smallest absolute Gasteiger partial charge is 0.269 e. The minimum absolute atomic E-state index is 0.00612. The molecule has 1 aliphatic heterocycles. The second-order valence-electron chi connectivity index (χ2n) is 7.81. The van der Waals surface area contributed by atoms with E-state index in [2.05, 4.69) is 10.2 Å². The number of carbonyl (C=O) groups excluding carboxylic acids is 2. The average molecular weight is 460 g/mol. The standard InChI is InChI=1S/C25H24N4O5/c1-34-23-12-4-19(5-13-23)25(31)28-16-14-27(15-17-28)21-10-6-20(7-11-21)26-24(30)18-2-8-22(9-3-18)29(32)33/h2-13H,14-17H2,1H3,(H,26,30). The van der Waals surface area contributed by atoms with Crippen molar-refractivity contribution in [2.24, 2.45) is 0 Å². The molecule has 0 unspecified atom stereocenters. The predicted octanol–water partition coefficient (Wildman–Crippen LogP) is 3.82. The molecule has 1 fully saturated rings. The number of nitrogens with one attached hydrogen (secondary N) is 1. The van der Waals surface area contributed by atoms with Crippen LogP contribution < -0.4 is 15.0 Å². The lowest BCUT2D eigenvalue weighted by atomic mass is 10.1. The highest BCUT2D eigenvalue weighted by Crippen LogP contribution is 2.21. The molecule has 174 valence electrons. The van der Waals surface area contributed by atoms with Crippen molar-refractivity contribution < 1.29 is 19.2 Å². The second kappa shape index (κ2) is 10.0. The topological polar surface area (TPSA) is 105 Å². The van der Waals surface area contributed by atoms with E-state index >= 15 is 0 Å². The Morgan fingerprint density at radius 1 is 0.853 bits per heavy atom. The Morgan fingerprint density at radius 2 is 1.44 bits per heavy atom. The third-order valence-electron chi connectivity index (χ3n) is 5.73. The maximum atomic E-state index is 12.8. The summed E-state index contributed by atoms with van der Waals surface area (Å²) in [5, 5.41) is 13.5. The van der Waals surface area contributed by atoms with Gasteiger partial charge in [-0.05, 0) is 60.7 Å². The summed E-state index contributed by atoms with van der Waals surface area (Å²) in [5.41, 5.74) is 2.55. The first-order valence-corrected chi connectivity index (χ1v) is 10.8. The van der Waals surface area contributed by atoms with Crippen LogP contribution in [0.5, 0.6) is 5.75 Å². The fraction of sp³-hybridized carbons (Fsp3) is 0.200. The number of nitrogens with zero attached hydrogens (tertiary/aromatic N) is 3. The number of hydrogen-bond acceptors (Lipinski definition) is 6. The molecule has 0 bridgehead atoms. The fourth-order valence-corrected chi connectivity index (χ4v) is 3.78. The normalized spacial score (nSPS) is 13.3. The van der Waals surface area contributed by atoms with Crippen molar-refractivity contribution in [3.05, 3.63) is 94.0 Å². The van der Waals surface area contributed by atoms with Crippen molar-refractivity contribution >= 4 is 28.9 Å². The van der Waals surface area contributed by atoms with Gasteiger partial charge in [0.1, 0.15) is 5.75 Å². The van der Waals surface area contributed by atoms with Gasteiger partial charge in [-0.25, -0.2) is 0 Å². The zero-order chi connectivity index (χ0) is 24.1. The van der Waals surface area contributed by atoms with E-state index in [0.29, 0.717) is 48.7 Å². The number of ether oxygens (including phenoxy) is 1. The Hall–Kier alpha value is -4.40. The van der Waals surface area contributed by atoms with Gasteiger partial charge in [0.2, 0.25) is 0 Å². The number of methoxy groups -OCH3 is 1. The summed E-state index contributed by atoms with van der Waals surface area (Å²) >= 11 is 0. The summed E-state index contributed by atoms with van der Waals surface area (Å²) in [7, 11) is 1.59. The predicted molar refractivity (Wildman–Crippen MR) is 129 cm³/mol. The lowest BCUT2D eigenvalue weighted by Crippen LogP contribution is -2.48. The van der Waals surface area contributed by atoms with Crippen molar-refractivity contribution in [3.8, 4) is 5.75 Å². The molecule has 1 aliphatic rings. The lowest BCUT2D eigenvalue weighted by molar-refractivity contribution is -0.384. The third kappa shape index (κ3) is 5.15. The van der Waals surface area contributed by atoms with E-state index in [1.54, 1.807) is 31.4 Å². The zero-order valence-corrected chi connectivity index (χ0v) is 18.6. The van der Waals surface area contributed by atoms with E-state index in [9.17, 15) is 19.7 Å². The number of anilines is 2. The van der Waals surface area contributed by atoms with Crippen molar-refractivity contribution in [1.29, 1.82) is 0 Å². The number of rotatable bonds is 6. The van der Waals surface area contributed by atoms with Gasteiger partial charge in [0.05, 0.1) is 12.0 Å². The number of piperazine rings is 1. The first-order chi connectivity index (χ1) is 16.4. The number of carbonyl (C=O) groups is 2. The molecular formula is C25H24N4O5. The number of nitro groups is 1. The molecule has 3 aromatic rings. The summed E-state index contributed by atoms with van der Waals surface area (Å²) < 4.78 is 5.14. The van der Waals surface area contributed by atoms with Crippen LogP contribution in [-0.4, -0.2) is 54.9 Å². The molecule has 1 heterocycles. The van der Waals surface area contributed by atoms with E-state index in [4.69, 9.17) is 4.74 Å². The highest BCUT2D eigenvalue weighted by molar-refractivity contribution is 6.04. The Kier molecular flexibility index (Phi) is 6.72. The van der Waals surface area contributed by atoms with Crippen LogP contribution in [0.2, 0.25) is 0 Å². The maximum absolute atomic E-state index is 12.8. The van der Waals surface area contributed by atoms with Crippen LogP contribution in [0.15, 0.2) is 72.8 Å². The summed E-state index contributed by atoms with van der Waals surface area (Å²) in [6.07, 6.45) is 0. The largest absolute Gasteiger partial charge is 0.497 e. The first-order valence-electron chi connectivity index (χ1n) is 10.8. The molecule has 2 amide bonds. The van der Waals surface area contributed by atoms with Crippen LogP contribution in [0.1, 0.15) is 20.7 Å². The minimum atomic E-state index is -0.505.